The number of nitrogens with one attached hydrogen (secondary N) is 1. The van der Waals surface area contributed by atoms with E-state index in [1.807, 2.05) is 24.9 Å². The smallest absolute Gasteiger partial charge is 0.190 e. The summed E-state index contributed by atoms with van der Waals surface area (Å²) in [4.78, 5) is 7.93. The van der Waals surface area contributed by atoms with Gasteiger partial charge in [0.15, 0.2) is 5.13 Å². The zero-order chi connectivity index (χ0) is 15.2. The molecule has 1 N–H and O–H groups in total. The summed E-state index contributed by atoms with van der Waals surface area (Å²) in [6, 6.07) is 6.87. The van der Waals surface area contributed by atoms with Gasteiger partial charge < -0.3 is 10.2 Å². The number of halogens is 1. The van der Waals surface area contributed by atoms with Crippen molar-refractivity contribution in [3.63, 3.8) is 0 Å². The first-order valence-electron chi connectivity index (χ1n) is 7.36. The predicted molar refractivity (Wildman–Crippen MR) is 88.0 cm³/mol. The minimum absolute atomic E-state index is 0.207. The predicted octanol–water partition coefficient (Wildman–Crippen LogP) is 4.11. The number of hydrogen-bond acceptors (Lipinski definition) is 4. The molecular weight excluding hydrogens is 285 g/mol. The van der Waals surface area contributed by atoms with Gasteiger partial charge in [0.1, 0.15) is 5.82 Å². The molecule has 21 heavy (non-hydrogen) atoms. The Hall–Kier alpha value is -1.46. The topological polar surface area (TPSA) is 28.2 Å². The Balaban J connectivity index is 2.38. The Labute approximate surface area is 129 Å². The SMILES string of the molecule is CCCc1nc(N(CC)c2ccccc2F)sc1CNC. The molecular formula is C16H22FN3S. The van der Waals surface area contributed by atoms with E-state index in [-0.39, 0.29) is 5.82 Å². The summed E-state index contributed by atoms with van der Waals surface area (Å²) in [5, 5.41) is 4.05. The highest BCUT2D eigenvalue weighted by Crippen LogP contribution is 2.33. The van der Waals surface area contributed by atoms with Crippen LogP contribution in [0.3, 0.4) is 0 Å². The molecule has 3 nitrogen and oxygen atoms in total. The monoisotopic (exact) mass is 307 g/mol. The molecule has 2 rings (SSSR count). The second kappa shape index (κ2) is 7.52. The van der Waals surface area contributed by atoms with E-state index in [0.29, 0.717) is 12.2 Å². The van der Waals surface area contributed by atoms with Crippen molar-refractivity contribution in [1.82, 2.24) is 10.3 Å². The first kappa shape index (κ1) is 15.9. The van der Waals surface area contributed by atoms with E-state index in [1.54, 1.807) is 23.5 Å². The molecule has 0 aliphatic heterocycles. The van der Waals surface area contributed by atoms with E-state index >= 15 is 0 Å². The fourth-order valence-corrected chi connectivity index (χ4v) is 3.49. The number of nitrogens with zero attached hydrogens (tertiary/aromatic N) is 2. The van der Waals surface area contributed by atoms with Crippen molar-refractivity contribution in [2.45, 2.75) is 33.2 Å². The average molecular weight is 307 g/mol. The van der Waals surface area contributed by atoms with Crippen molar-refractivity contribution in [2.75, 3.05) is 18.5 Å². The molecule has 0 saturated carbocycles. The number of aromatic nitrogens is 1. The van der Waals surface area contributed by atoms with E-state index in [4.69, 9.17) is 4.98 Å². The summed E-state index contributed by atoms with van der Waals surface area (Å²) in [6.07, 6.45) is 2.02. The summed E-state index contributed by atoms with van der Waals surface area (Å²) in [7, 11) is 1.93. The Morgan fingerprint density at radius 2 is 2.05 bits per heavy atom. The maximum absolute atomic E-state index is 14.0. The van der Waals surface area contributed by atoms with Crippen molar-refractivity contribution in [1.29, 1.82) is 0 Å². The number of rotatable bonds is 7. The lowest BCUT2D eigenvalue weighted by molar-refractivity contribution is 0.625. The minimum atomic E-state index is -0.207. The van der Waals surface area contributed by atoms with Crippen molar-refractivity contribution in [3.8, 4) is 0 Å². The maximum atomic E-state index is 14.0. The molecule has 1 heterocycles. The molecule has 114 valence electrons. The molecule has 0 spiro atoms. The molecule has 1 aromatic heterocycles. The van der Waals surface area contributed by atoms with Crippen LogP contribution in [-0.4, -0.2) is 18.6 Å². The van der Waals surface area contributed by atoms with Gasteiger partial charge in [0.2, 0.25) is 0 Å². The molecule has 0 amide bonds. The van der Waals surface area contributed by atoms with Crippen LogP contribution in [0, 0.1) is 5.82 Å². The van der Waals surface area contributed by atoms with Crippen LogP contribution < -0.4 is 10.2 Å². The average Bonchev–Trinajstić information content (AvgIpc) is 2.86. The first-order chi connectivity index (χ1) is 10.2. The molecule has 0 aliphatic carbocycles. The number of thiazole rings is 1. The number of anilines is 2. The molecule has 0 fully saturated rings. The molecule has 2 aromatic rings. The van der Waals surface area contributed by atoms with Gasteiger partial charge in [0.25, 0.3) is 0 Å². The number of benzene rings is 1. The summed E-state index contributed by atoms with van der Waals surface area (Å²) in [6.45, 7) is 5.67. The highest BCUT2D eigenvalue weighted by atomic mass is 32.1. The molecule has 0 bridgehead atoms. The second-order valence-electron chi connectivity index (χ2n) is 4.84. The van der Waals surface area contributed by atoms with Gasteiger partial charge in [0.05, 0.1) is 11.4 Å². The zero-order valence-corrected chi connectivity index (χ0v) is 13.6. The third-order valence-electron chi connectivity index (χ3n) is 3.28. The summed E-state index contributed by atoms with van der Waals surface area (Å²) in [5.74, 6) is -0.207. The minimum Gasteiger partial charge on any atom is -0.315 e. The third kappa shape index (κ3) is 3.60. The third-order valence-corrected chi connectivity index (χ3v) is 4.40. The lowest BCUT2D eigenvalue weighted by Crippen LogP contribution is -2.17. The van der Waals surface area contributed by atoms with Gasteiger partial charge >= 0.3 is 0 Å². The van der Waals surface area contributed by atoms with Crippen molar-refractivity contribution < 1.29 is 4.39 Å². The Bertz CT molecular complexity index is 559. The van der Waals surface area contributed by atoms with E-state index in [2.05, 4.69) is 12.2 Å². The van der Waals surface area contributed by atoms with Crippen LogP contribution >= 0.6 is 11.3 Å². The molecule has 5 heteroatoms. The van der Waals surface area contributed by atoms with Crippen LogP contribution in [0.1, 0.15) is 30.8 Å². The Kier molecular flexibility index (Phi) is 5.70. The van der Waals surface area contributed by atoms with Gasteiger partial charge in [-0.3, -0.25) is 0 Å². The molecule has 0 aliphatic rings. The lowest BCUT2D eigenvalue weighted by atomic mass is 10.2. The molecule has 0 radical (unpaired) electrons. The van der Waals surface area contributed by atoms with Gasteiger partial charge in [0, 0.05) is 18.0 Å². The van der Waals surface area contributed by atoms with E-state index in [1.165, 1.54) is 10.9 Å². The number of para-hydroxylation sites is 1. The molecule has 0 saturated heterocycles. The number of hydrogen-bond donors (Lipinski definition) is 1. The van der Waals surface area contributed by atoms with Crippen LogP contribution in [0.2, 0.25) is 0 Å². The van der Waals surface area contributed by atoms with E-state index in [9.17, 15) is 4.39 Å². The van der Waals surface area contributed by atoms with Crippen molar-refractivity contribution >= 4 is 22.2 Å². The zero-order valence-electron chi connectivity index (χ0n) is 12.8. The largest absolute Gasteiger partial charge is 0.315 e. The molecule has 0 atom stereocenters. The maximum Gasteiger partial charge on any atom is 0.190 e. The van der Waals surface area contributed by atoms with Gasteiger partial charge in [-0.1, -0.05) is 36.8 Å². The summed E-state index contributed by atoms with van der Waals surface area (Å²) < 4.78 is 14.0. The Morgan fingerprint density at radius 3 is 2.67 bits per heavy atom. The lowest BCUT2D eigenvalue weighted by Gasteiger charge is -2.20. The second-order valence-corrected chi connectivity index (χ2v) is 5.90. The van der Waals surface area contributed by atoms with Crippen LogP contribution in [0.4, 0.5) is 15.2 Å². The van der Waals surface area contributed by atoms with Crippen molar-refractivity contribution in [3.05, 3.63) is 40.7 Å². The van der Waals surface area contributed by atoms with Gasteiger partial charge in [-0.25, -0.2) is 9.37 Å². The number of aryl methyl sites for hydroxylation is 1. The molecule has 0 unspecified atom stereocenters. The standard InChI is InChI=1S/C16H22FN3S/c1-4-8-13-15(11-18-3)21-16(19-13)20(5-2)14-10-7-6-9-12(14)17/h6-7,9-10,18H,4-5,8,11H2,1-3H3. The van der Waals surface area contributed by atoms with Crippen LogP contribution in [0.15, 0.2) is 24.3 Å². The van der Waals surface area contributed by atoms with Gasteiger partial charge in [-0.2, -0.15) is 0 Å². The Morgan fingerprint density at radius 1 is 1.29 bits per heavy atom. The molecule has 1 aromatic carbocycles. The van der Waals surface area contributed by atoms with E-state index < -0.39 is 0 Å². The van der Waals surface area contributed by atoms with Crippen molar-refractivity contribution in [2.24, 2.45) is 0 Å². The van der Waals surface area contributed by atoms with Gasteiger partial charge in [-0.15, -0.1) is 0 Å². The van der Waals surface area contributed by atoms with Crippen LogP contribution in [0.25, 0.3) is 0 Å². The summed E-state index contributed by atoms with van der Waals surface area (Å²) >= 11 is 1.65. The summed E-state index contributed by atoms with van der Waals surface area (Å²) in [5.41, 5.74) is 1.72. The fraction of sp³-hybridized carbons (Fsp3) is 0.438. The van der Waals surface area contributed by atoms with Crippen LogP contribution in [0.5, 0.6) is 0 Å². The van der Waals surface area contributed by atoms with Crippen LogP contribution in [-0.2, 0) is 13.0 Å². The highest BCUT2D eigenvalue weighted by Gasteiger charge is 2.18. The highest BCUT2D eigenvalue weighted by molar-refractivity contribution is 7.15. The fourth-order valence-electron chi connectivity index (χ4n) is 2.30. The normalized spacial score (nSPS) is 10.9. The first-order valence-corrected chi connectivity index (χ1v) is 8.18. The quantitative estimate of drug-likeness (QED) is 0.834. The van der Waals surface area contributed by atoms with E-state index in [0.717, 1.165) is 30.2 Å². The van der Waals surface area contributed by atoms with Gasteiger partial charge in [-0.05, 0) is 32.5 Å².